The molecule has 0 aliphatic carbocycles. The number of allylic oxidation sites excluding steroid dienone is 3. The van der Waals surface area contributed by atoms with Gasteiger partial charge in [-0.05, 0) is 68.3 Å². The van der Waals surface area contributed by atoms with E-state index < -0.39 is 0 Å². The van der Waals surface area contributed by atoms with Crippen molar-refractivity contribution in [1.29, 1.82) is 0 Å². The quantitative estimate of drug-likeness (QED) is 0.263. The Bertz CT molecular complexity index is 1310. The van der Waals surface area contributed by atoms with E-state index >= 15 is 0 Å². The Hall–Kier alpha value is -4.38. The zero-order valence-corrected chi connectivity index (χ0v) is 19.0. The molecule has 0 unspecified atom stereocenters. The number of terminal acetylenes is 1. The van der Waals surface area contributed by atoms with E-state index in [2.05, 4.69) is 22.5 Å². The van der Waals surface area contributed by atoms with Crippen molar-refractivity contribution in [1.82, 2.24) is 24.6 Å². The molecule has 0 radical (unpaired) electrons. The molecule has 0 spiro atoms. The molecule has 1 amide bonds. The van der Waals surface area contributed by atoms with Crippen LogP contribution in [0.5, 0.6) is 5.75 Å². The molecular formula is C26H26N6O2. The van der Waals surface area contributed by atoms with Crippen molar-refractivity contribution >= 4 is 22.8 Å². The first kappa shape index (κ1) is 22.8. The van der Waals surface area contributed by atoms with Gasteiger partial charge in [-0.25, -0.2) is 14.6 Å². The van der Waals surface area contributed by atoms with Gasteiger partial charge in [-0.3, -0.25) is 4.79 Å². The number of likely N-dealkylation sites (tertiary alicyclic amines) is 1. The summed E-state index contributed by atoms with van der Waals surface area (Å²) in [6.07, 6.45) is 15.0. The third-order valence-electron chi connectivity index (χ3n) is 5.74. The first-order valence-corrected chi connectivity index (χ1v) is 11.0. The maximum atomic E-state index is 12.2. The van der Waals surface area contributed by atoms with E-state index in [1.54, 1.807) is 17.1 Å². The zero-order valence-electron chi connectivity index (χ0n) is 19.0. The Balaban J connectivity index is 1.69. The maximum absolute atomic E-state index is 12.2. The van der Waals surface area contributed by atoms with E-state index in [0.717, 1.165) is 18.4 Å². The number of nitrogens with zero attached hydrogens (tertiary/aromatic N) is 5. The highest BCUT2D eigenvalue weighted by Crippen LogP contribution is 2.34. The second-order valence-corrected chi connectivity index (χ2v) is 7.85. The molecule has 2 aromatic heterocycles. The summed E-state index contributed by atoms with van der Waals surface area (Å²) >= 11 is 0. The van der Waals surface area contributed by atoms with Crippen molar-refractivity contribution in [3.05, 3.63) is 67.2 Å². The van der Waals surface area contributed by atoms with Crippen LogP contribution >= 0.6 is 0 Å². The number of rotatable bonds is 6. The molecule has 3 heterocycles. The molecular weight excluding hydrogens is 428 g/mol. The number of nitrogens with two attached hydrogens (primary N) is 1. The van der Waals surface area contributed by atoms with E-state index in [1.165, 1.54) is 12.4 Å². The molecule has 1 aliphatic heterocycles. The average Bonchev–Trinajstić information content (AvgIpc) is 3.27. The number of hydrogen-bond donors (Lipinski definition) is 1. The van der Waals surface area contributed by atoms with Gasteiger partial charge in [0.05, 0.1) is 11.4 Å². The van der Waals surface area contributed by atoms with Gasteiger partial charge >= 0.3 is 0 Å². The molecule has 8 nitrogen and oxygen atoms in total. The molecule has 3 aromatic rings. The van der Waals surface area contributed by atoms with Gasteiger partial charge in [0.25, 0.3) is 0 Å². The number of aromatic nitrogens is 4. The zero-order chi connectivity index (χ0) is 24.1. The molecule has 1 aromatic carbocycles. The smallest absolute Gasteiger partial charge is 0.246 e. The summed E-state index contributed by atoms with van der Waals surface area (Å²) in [7, 11) is 0. The van der Waals surface area contributed by atoms with Gasteiger partial charge in [0.2, 0.25) is 5.91 Å². The largest absolute Gasteiger partial charge is 0.458 e. The van der Waals surface area contributed by atoms with E-state index in [9.17, 15) is 4.79 Å². The Morgan fingerprint density at radius 3 is 2.82 bits per heavy atom. The predicted molar refractivity (Wildman–Crippen MR) is 133 cm³/mol. The lowest BCUT2D eigenvalue weighted by atomic mass is 10.1. The molecule has 1 fully saturated rings. The van der Waals surface area contributed by atoms with Gasteiger partial charge in [0, 0.05) is 18.7 Å². The monoisotopic (exact) mass is 454 g/mol. The number of amides is 1. The number of benzene rings is 1. The second kappa shape index (κ2) is 10.0. The van der Waals surface area contributed by atoms with Crippen molar-refractivity contribution in [3.63, 3.8) is 0 Å². The van der Waals surface area contributed by atoms with E-state index in [1.807, 2.05) is 41.9 Å². The van der Waals surface area contributed by atoms with Crippen LogP contribution in [0.15, 0.2) is 67.2 Å². The molecule has 1 aliphatic rings. The summed E-state index contributed by atoms with van der Waals surface area (Å²) in [6.45, 7) is 6.72. The van der Waals surface area contributed by atoms with Crippen LogP contribution < -0.4 is 10.5 Å². The lowest BCUT2D eigenvalue weighted by molar-refractivity contribution is -0.127. The van der Waals surface area contributed by atoms with Crippen LogP contribution in [0.4, 0.5) is 5.82 Å². The van der Waals surface area contributed by atoms with Crippen LogP contribution in [0.2, 0.25) is 0 Å². The summed E-state index contributed by atoms with van der Waals surface area (Å²) in [5.74, 6) is 4.04. The van der Waals surface area contributed by atoms with E-state index in [0.29, 0.717) is 47.1 Å². The third-order valence-corrected chi connectivity index (χ3v) is 5.74. The minimum absolute atomic E-state index is 0.0222. The molecule has 1 atom stereocenters. The highest BCUT2D eigenvalue weighted by Gasteiger charge is 2.28. The van der Waals surface area contributed by atoms with Gasteiger partial charge in [0.1, 0.15) is 29.3 Å². The van der Waals surface area contributed by atoms with Crippen LogP contribution in [-0.4, -0.2) is 43.6 Å². The van der Waals surface area contributed by atoms with Gasteiger partial charge in [0.15, 0.2) is 5.65 Å². The first-order chi connectivity index (χ1) is 16.5. The van der Waals surface area contributed by atoms with Crippen molar-refractivity contribution in [2.45, 2.75) is 25.8 Å². The van der Waals surface area contributed by atoms with Gasteiger partial charge in [-0.15, -0.1) is 6.42 Å². The Morgan fingerprint density at radius 2 is 2.12 bits per heavy atom. The van der Waals surface area contributed by atoms with Crippen LogP contribution in [-0.2, 0) is 4.79 Å². The first-order valence-electron chi connectivity index (χ1n) is 11.0. The van der Waals surface area contributed by atoms with Crippen LogP contribution in [0.25, 0.3) is 22.3 Å². The number of carbonyl (C=O) groups excluding carboxylic acids is 1. The minimum Gasteiger partial charge on any atom is -0.458 e. The van der Waals surface area contributed by atoms with Crippen molar-refractivity contribution in [2.24, 2.45) is 0 Å². The average molecular weight is 455 g/mol. The third kappa shape index (κ3) is 4.55. The fourth-order valence-electron chi connectivity index (χ4n) is 4.07. The molecule has 0 saturated carbocycles. The fraction of sp³-hybridized carbons (Fsp3) is 0.231. The summed E-state index contributed by atoms with van der Waals surface area (Å²) in [5, 5.41) is 5.59. The Kier molecular flexibility index (Phi) is 6.74. The van der Waals surface area contributed by atoms with E-state index in [-0.39, 0.29) is 11.9 Å². The normalized spacial score (nSPS) is 16.5. The van der Waals surface area contributed by atoms with Crippen molar-refractivity contribution in [2.75, 3.05) is 18.8 Å². The summed E-state index contributed by atoms with van der Waals surface area (Å²) < 4.78 is 7.74. The SMILES string of the molecule is C#C/C=C\C(=C/C)Oc1ccc(-c2nn([C@@H]3CCCN(C(=O)C=C)C3)c3ncnc(N)c23)cc1. The lowest BCUT2D eigenvalue weighted by Gasteiger charge is -2.32. The van der Waals surface area contributed by atoms with Gasteiger partial charge in [-0.1, -0.05) is 12.5 Å². The fourth-order valence-corrected chi connectivity index (χ4v) is 4.07. The van der Waals surface area contributed by atoms with Crippen LogP contribution in [0.1, 0.15) is 25.8 Å². The molecule has 34 heavy (non-hydrogen) atoms. The Labute approximate surface area is 198 Å². The van der Waals surface area contributed by atoms with Gasteiger partial charge < -0.3 is 15.4 Å². The number of hydrogen-bond acceptors (Lipinski definition) is 6. The topological polar surface area (TPSA) is 99.2 Å². The highest BCUT2D eigenvalue weighted by molar-refractivity contribution is 5.98. The summed E-state index contributed by atoms with van der Waals surface area (Å²) in [6, 6.07) is 7.53. The maximum Gasteiger partial charge on any atom is 0.246 e. The van der Waals surface area contributed by atoms with Crippen LogP contribution in [0, 0.1) is 12.3 Å². The molecule has 1 saturated heterocycles. The minimum atomic E-state index is -0.0799. The molecule has 8 heteroatoms. The molecule has 172 valence electrons. The van der Waals surface area contributed by atoms with Gasteiger partial charge in [-0.2, -0.15) is 5.10 Å². The van der Waals surface area contributed by atoms with Crippen molar-refractivity contribution < 1.29 is 9.53 Å². The molecule has 2 N–H and O–H groups in total. The number of piperidine rings is 1. The highest BCUT2D eigenvalue weighted by atomic mass is 16.5. The number of ether oxygens (including phenoxy) is 1. The second-order valence-electron chi connectivity index (χ2n) is 7.85. The number of carbonyl (C=O) groups is 1. The number of nitrogen functional groups attached to an aromatic ring is 1. The molecule has 4 rings (SSSR count). The Morgan fingerprint density at radius 1 is 1.32 bits per heavy atom. The number of fused-ring (bicyclic) bond motifs is 1. The summed E-state index contributed by atoms with van der Waals surface area (Å²) in [5.41, 5.74) is 8.45. The lowest BCUT2D eigenvalue weighted by Crippen LogP contribution is -2.40. The number of anilines is 1. The van der Waals surface area contributed by atoms with Crippen LogP contribution in [0.3, 0.4) is 0 Å². The van der Waals surface area contributed by atoms with E-state index in [4.69, 9.17) is 22.0 Å². The predicted octanol–water partition coefficient (Wildman–Crippen LogP) is 3.90. The summed E-state index contributed by atoms with van der Waals surface area (Å²) in [4.78, 5) is 22.6. The van der Waals surface area contributed by atoms with Crippen molar-refractivity contribution in [3.8, 4) is 29.4 Å². The molecule has 0 bridgehead atoms. The standard InChI is InChI=1S/C26H26N6O2/c1-4-7-10-20(5-2)34-21-13-11-18(12-14-21)24-23-25(27)28-17-29-26(23)32(30-24)19-9-8-15-31(16-19)22(33)6-3/h1,5-7,10-14,17,19H,3,8-9,15-16H2,2H3,(H2,27,28,29)/b10-7-,20-5+/t19-/m1/s1.